The van der Waals surface area contributed by atoms with Crippen LogP contribution in [0.25, 0.3) is 0 Å². The molecule has 122 valence electrons. The van der Waals surface area contributed by atoms with Crippen molar-refractivity contribution in [1.82, 2.24) is 5.32 Å². The van der Waals surface area contributed by atoms with Crippen LogP contribution in [0.15, 0.2) is 34.7 Å². The second-order valence-electron chi connectivity index (χ2n) is 5.70. The molecule has 0 aliphatic carbocycles. The van der Waals surface area contributed by atoms with Gasteiger partial charge in [-0.3, -0.25) is 4.79 Å². The molecule has 1 aromatic heterocycles. The molecule has 1 amide bonds. The van der Waals surface area contributed by atoms with Crippen molar-refractivity contribution in [2.45, 2.75) is 32.7 Å². The monoisotopic (exact) mass is 319 g/mol. The van der Waals surface area contributed by atoms with Crippen LogP contribution in [-0.4, -0.2) is 17.0 Å². The molecule has 0 fully saturated rings. The number of carboxylic acids is 1. The quantitative estimate of drug-likeness (QED) is 0.886. The highest BCUT2D eigenvalue weighted by molar-refractivity contribution is 5.96. The van der Waals surface area contributed by atoms with E-state index < -0.39 is 23.2 Å². The van der Waals surface area contributed by atoms with Gasteiger partial charge in [0.25, 0.3) is 5.91 Å². The molecule has 23 heavy (non-hydrogen) atoms. The molecule has 2 N–H and O–H groups in total. The fraction of sp³-hybridized carbons (Fsp3) is 0.294. The third-order valence-corrected chi connectivity index (χ3v) is 3.56. The first-order chi connectivity index (χ1) is 10.7. The van der Waals surface area contributed by atoms with Crippen molar-refractivity contribution in [2.24, 2.45) is 0 Å². The minimum atomic E-state index is -1.14. The summed E-state index contributed by atoms with van der Waals surface area (Å²) >= 11 is 0. The van der Waals surface area contributed by atoms with E-state index in [0.29, 0.717) is 12.0 Å². The maximum Gasteiger partial charge on any atom is 0.339 e. The van der Waals surface area contributed by atoms with Gasteiger partial charge in [0.05, 0.1) is 5.54 Å². The van der Waals surface area contributed by atoms with Gasteiger partial charge in [-0.25, -0.2) is 9.18 Å². The number of hydrogen-bond donors (Lipinski definition) is 2. The lowest BCUT2D eigenvalue weighted by Gasteiger charge is -2.26. The Morgan fingerprint density at radius 3 is 2.52 bits per heavy atom. The Labute approximate surface area is 133 Å². The number of carbonyl (C=O) groups excluding carboxylic acids is 1. The van der Waals surface area contributed by atoms with Gasteiger partial charge in [0.2, 0.25) is 0 Å². The van der Waals surface area contributed by atoms with Crippen LogP contribution < -0.4 is 5.32 Å². The number of furan rings is 1. The summed E-state index contributed by atoms with van der Waals surface area (Å²) in [5.41, 5.74) is -0.283. The van der Waals surface area contributed by atoms with Crippen molar-refractivity contribution in [3.8, 4) is 0 Å². The molecule has 0 radical (unpaired) electrons. The second kappa shape index (κ2) is 6.24. The predicted molar refractivity (Wildman–Crippen MR) is 81.9 cm³/mol. The lowest BCUT2D eigenvalue weighted by molar-refractivity contribution is 0.0694. The average Bonchev–Trinajstić information content (AvgIpc) is 2.91. The summed E-state index contributed by atoms with van der Waals surface area (Å²) < 4.78 is 18.7. The highest BCUT2D eigenvalue weighted by atomic mass is 19.1. The molecule has 0 atom stereocenters. The average molecular weight is 319 g/mol. The molecule has 0 spiro atoms. The van der Waals surface area contributed by atoms with E-state index >= 15 is 0 Å². The van der Waals surface area contributed by atoms with E-state index in [1.54, 1.807) is 32.9 Å². The lowest BCUT2D eigenvalue weighted by atomic mass is 9.94. The summed E-state index contributed by atoms with van der Waals surface area (Å²) in [5, 5.41) is 11.8. The van der Waals surface area contributed by atoms with Gasteiger partial charge in [-0.2, -0.15) is 0 Å². The number of aryl methyl sites for hydroxylation is 1. The standard InChI is InChI=1S/C17H18FNO4/c1-4-13-12(16(21)22)9-14(23-13)15(20)19-17(2,3)10-6-5-7-11(18)8-10/h5-9H,4H2,1-3H3,(H,19,20)(H,21,22). The van der Waals surface area contributed by atoms with E-state index in [9.17, 15) is 14.0 Å². The molecule has 1 aromatic carbocycles. The molecule has 0 bridgehead atoms. The van der Waals surface area contributed by atoms with Crippen molar-refractivity contribution in [3.63, 3.8) is 0 Å². The van der Waals surface area contributed by atoms with Crippen LogP contribution in [0.4, 0.5) is 4.39 Å². The van der Waals surface area contributed by atoms with Gasteiger partial charge in [0, 0.05) is 12.5 Å². The Bertz CT molecular complexity index is 749. The first-order valence-corrected chi connectivity index (χ1v) is 7.19. The third kappa shape index (κ3) is 3.59. The van der Waals surface area contributed by atoms with Crippen molar-refractivity contribution < 1.29 is 23.5 Å². The molecule has 2 rings (SSSR count). The van der Waals surface area contributed by atoms with Crippen LogP contribution in [-0.2, 0) is 12.0 Å². The molecule has 2 aromatic rings. The molecule has 0 saturated heterocycles. The summed E-state index contributed by atoms with van der Waals surface area (Å²) in [4.78, 5) is 23.5. The highest BCUT2D eigenvalue weighted by Crippen LogP contribution is 2.23. The normalized spacial score (nSPS) is 11.3. The van der Waals surface area contributed by atoms with Crippen molar-refractivity contribution >= 4 is 11.9 Å². The zero-order valence-corrected chi connectivity index (χ0v) is 13.1. The van der Waals surface area contributed by atoms with Gasteiger partial charge in [0.15, 0.2) is 5.76 Å². The number of halogens is 1. The van der Waals surface area contributed by atoms with Crippen LogP contribution in [0, 0.1) is 5.82 Å². The Morgan fingerprint density at radius 2 is 2.00 bits per heavy atom. The molecule has 1 heterocycles. The molecule has 0 aliphatic heterocycles. The first-order valence-electron chi connectivity index (χ1n) is 7.19. The lowest BCUT2D eigenvalue weighted by Crippen LogP contribution is -2.40. The van der Waals surface area contributed by atoms with Gasteiger partial charge in [-0.15, -0.1) is 0 Å². The zero-order valence-electron chi connectivity index (χ0n) is 13.1. The maximum atomic E-state index is 13.4. The number of carboxylic acid groups (broad SMARTS) is 1. The molecular weight excluding hydrogens is 301 g/mol. The largest absolute Gasteiger partial charge is 0.478 e. The Morgan fingerprint density at radius 1 is 1.30 bits per heavy atom. The highest BCUT2D eigenvalue weighted by Gasteiger charge is 2.27. The van der Waals surface area contributed by atoms with Crippen LogP contribution in [0.3, 0.4) is 0 Å². The van der Waals surface area contributed by atoms with Gasteiger partial charge in [-0.05, 0) is 31.5 Å². The summed E-state index contributed by atoms with van der Waals surface area (Å²) in [6, 6.07) is 7.12. The van der Waals surface area contributed by atoms with Crippen molar-refractivity contribution in [1.29, 1.82) is 0 Å². The Kier molecular flexibility index (Phi) is 4.54. The maximum absolute atomic E-state index is 13.4. The summed E-state index contributed by atoms with van der Waals surface area (Å²) in [6.07, 6.45) is 0.363. The fourth-order valence-electron chi connectivity index (χ4n) is 2.28. The smallest absolute Gasteiger partial charge is 0.339 e. The summed E-state index contributed by atoms with van der Waals surface area (Å²) in [6.45, 7) is 5.19. The zero-order chi connectivity index (χ0) is 17.2. The molecule has 0 aliphatic rings. The van der Waals surface area contributed by atoms with E-state index in [1.807, 2.05) is 0 Å². The first kappa shape index (κ1) is 16.7. The van der Waals surface area contributed by atoms with Crippen LogP contribution in [0.1, 0.15) is 53.0 Å². The molecular formula is C17H18FNO4. The minimum Gasteiger partial charge on any atom is -0.478 e. The van der Waals surface area contributed by atoms with Gasteiger partial charge in [-0.1, -0.05) is 19.1 Å². The molecule has 6 heteroatoms. The van der Waals surface area contributed by atoms with E-state index in [4.69, 9.17) is 9.52 Å². The number of rotatable bonds is 5. The summed E-state index contributed by atoms with van der Waals surface area (Å²) in [7, 11) is 0. The van der Waals surface area contributed by atoms with Crippen LogP contribution in [0.2, 0.25) is 0 Å². The fourth-order valence-corrected chi connectivity index (χ4v) is 2.28. The number of carbonyl (C=O) groups is 2. The SMILES string of the molecule is CCc1oc(C(=O)NC(C)(C)c2cccc(F)c2)cc1C(=O)O. The van der Waals surface area contributed by atoms with Crippen LogP contribution in [0.5, 0.6) is 0 Å². The van der Waals surface area contributed by atoms with Crippen LogP contribution >= 0.6 is 0 Å². The Hall–Kier alpha value is -2.63. The van der Waals surface area contributed by atoms with E-state index in [0.717, 1.165) is 0 Å². The number of benzene rings is 1. The second-order valence-corrected chi connectivity index (χ2v) is 5.70. The number of aromatic carboxylic acids is 1. The third-order valence-electron chi connectivity index (χ3n) is 3.56. The topological polar surface area (TPSA) is 79.5 Å². The van der Waals surface area contributed by atoms with Crippen molar-refractivity contribution in [3.05, 3.63) is 58.8 Å². The van der Waals surface area contributed by atoms with Gasteiger partial charge in [0.1, 0.15) is 17.1 Å². The number of amides is 1. The number of hydrogen-bond acceptors (Lipinski definition) is 3. The minimum absolute atomic E-state index is 0.0267. The van der Waals surface area contributed by atoms with Crippen molar-refractivity contribution in [2.75, 3.05) is 0 Å². The summed E-state index contributed by atoms with van der Waals surface area (Å²) in [5.74, 6) is -1.94. The van der Waals surface area contributed by atoms with E-state index in [1.165, 1.54) is 18.2 Å². The molecule has 0 saturated carbocycles. The molecule has 0 unspecified atom stereocenters. The predicted octanol–water partition coefficient (Wildman–Crippen LogP) is 3.34. The molecule has 5 nitrogen and oxygen atoms in total. The van der Waals surface area contributed by atoms with Gasteiger partial charge < -0.3 is 14.8 Å². The Balaban J connectivity index is 2.26. The van der Waals surface area contributed by atoms with E-state index in [-0.39, 0.29) is 17.1 Å². The number of nitrogens with one attached hydrogen (secondary N) is 1. The van der Waals surface area contributed by atoms with E-state index in [2.05, 4.69) is 5.32 Å². The van der Waals surface area contributed by atoms with Gasteiger partial charge >= 0.3 is 5.97 Å².